The van der Waals surface area contributed by atoms with Gasteiger partial charge in [-0.3, -0.25) is 9.59 Å². The van der Waals surface area contributed by atoms with Crippen molar-refractivity contribution in [2.24, 2.45) is 23.7 Å². The van der Waals surface area contributed by atoms with Crippen molar-refractivity contribution in [3.05, 3.63) is 0 Å². The van der Waals surface area contributed by atoms with E-state index in [-0.39, 0.29) is 23.9 Å². The number of hydrogen-bond acceptors (Lipinski definition) is 4. The molecule has 0 radical (unpaired) electrons. The molecular weight excluding hydrogens is 388 g/mol. The average Bonchev–Trinajstić information content (AvgIpc) is 2.72. The minimum atomic E-state index is -0.307. The summed E-state index contributed by atoms with van der Waals surface area (Å²) in [6.45, 7) is 11.8. The Morgan fingerprint density at radius 3 is 2.45 bits per heavy atom. The van der Waals surface area contributed by atoms with Gasteiger partial charge in [0.05, 0.1) is 6.04 Å². The summed E-state index contributed by atoms with van der Waals surface area (Å²) >= 11 is 0. The second-order valence-electron chi connectivity index (χ2n) is 11.3. The molecule has 1 saturated carbocycles. The monoisotopic (exact) mass is 434 g/mol. The topological polar surface area (TPSA) is 55.9 Å². The van der Waals surface area contributed by atoms with Gasteiger partial charge in [-0.25, -0.2) is 0 Å². The number of hydrogen-bond donors (Lipinski definition) is 1. The third kappa shape index (κ3) is 6.01. The highest BCUT2D eigenvalue weighted by Crippen LogP contribution is 2.38. The van der Waals surface area contributed by atoms with Gasteiger partial charge in [0.1, 0.15) is 6.04 Å². The normalized spacial score (nSPS) is 30.8. The first-order valence-corrected chi connectivity index (χ1v) is 12.7. The summed E-state index contributed by atoms with van der Waals surface area (Å²) < 4.78 is 0. The average molecular weight is 435 g/mol. The molecule has 6 nitrogen and oxygen atoms in total. The second-order valence-corrected chi connectivity index (χ2v) is 11.3. The smallest absolute Gasteiger partial charge is 0.245 e. The Hall–Kier alpha value is -1.14. The number of fused-ring (bicyclic) bond motifs is 1. The van der Waals surface area contributed by atoms with E-state index in [1.165, 1.54) is 19.3 Å². The lowest BCUT2D eigenvalue weighted by molar-refractivity contribution is -0.151. The summed E-state index contributed by atoms with van der Waals surface area (Å²) in [6.07, 6.45) is 6.42. The number of rotatable bonds is 7. The Morgan fingerprint density at radius 2 is 1.81 bits per heavy atom. The Morgan fingerprint density at radius 1 is 1.06 bits per heavy atom. The quantitative estimate of drug-likeness (QED) is 0.669. The maximum atomic E-state index is 13.8. The van der Waals surface area contributed by atoms with Crippen LogP contribution in [0, 0.1) is 23.7 Å². The van der Waals surface area contributed by atoms with Crippen LogP contribution >= 0.6 is 0 Å². The van der Waals surface area contributed by atoms with E-state index in [0.717, 1.165) is 44.8 Å². The predicted octanol–water partition coefficient (Wildman–Crippen LogP) is 2.83. The van der Waals surface area contributed by atoms with Crippen molar-refractivity contribution in [1.29, 1.82) is 0 Å². The van der Waals surface area contributed by atoms with Crippen LogP contribution in [0.2, 0.25) is 0 Å². The predicted molar refractivity (Wildman–Crippen MR) is 126 cm³/mol. The van der Waals surface area contributed by atoms with Gasteiger partial charge in [-0.2, -0.15) is 0 Å². The number of nitrogens with one attached hydrogen (secondary N) is 1. The van der Waals surface area contributed by atoms with Crippen LogP contribution in [-0.2, 0) is 9.59 Å². The van der Waals surface area contributed by atoms with Crippen LogP contribution in [0.15, 0.2) is 0 Å². The Balaban J connectivity index is 1.68. The molecule has 1 unspecified atom stereocenters. The van der Waals surface area contributed by atoms with E-state index >= 15 is 0 Å². The minimum absolute atomic E-state index is 0.125. The summed E-state index contributed by atoms with van der Waals surface area (Å²) in [7, 11) is 4.38. The third-order valence-electron chi connectivity index (χ3n) is 7.77. The van der Waals surface area contributed by atoms with Gasteiger partial charge in [-0.15, -0.1) is 0 Å². The summed E-state index contributed by atoms with van der Waals surface area (Å²) in [6, 6.07) is 0.232. The first kappa shape index (κ1) is 24.5. The highest BCUT2D eigenvalue weighted by atomic mass is 16.2. The van der Waals surface area contributed by atoms with Gasteiger partial charge in [-0.05, 0) is 76.3 Å². The maximum absolute atomic E-state index is 13.8. The molecule has 1 aliphatic carbocycles. The van der Waals surface area contributed by atoms with Gasteiger partial charge < -0.3 is 20.0 Å². The molecule has 0 aromatic carbocycles. The standard InChI is InChI=1S/C25H46N4O2/c1-17(2)13-22-24(30)29(12-10-26-22)23(14-18(3)4)25(31)28-11-9-19-15-21(27(5)6)8-7-20(19)16-28/h17-23,26H,7-16H2,1-6H3/t19-,20-,21?,22-,23-/m0/s1. The van der Waals surface area contributed by atoms with E-state index in [2.05, 4.69) is 56.9 Å². The number of likely N-dealkylation sites (tertiary alicyclic amines) is 1. The summed E-state index contributed by atoms with van der Waals surface area (Å²) in [5.41, 5.74) is 0. The Labute approximate surface area is 190 Å². The van der Waals surface area contributed by atoms with Gasteiger partial charge in [0, 0.05) is 32.2 Å². The molecule has 2 amide bonds. The molecule has 5 atom stereocenters. The lowest BCUT2D eigenvalue weighted by Gasteiger charge is -2.47. The van der Waals surface area contributed by atoms with E-state index in [9.17, 15) is 9.59 Å². The highest BCUT2D eigenvalue weighted by molar-refractivity contribution is 5.90. The fraction of sp³-hybridized carbons (Fsp3) is 0.920. The van der Waals surface area contributed by atoms with Crippen molar-refractivity contribution >= 4 is 11.8 Å². The van der Waals surface area contributed by atoms with Crippen LogP contribution in [0.4, 0.5) is 0 Å². The van der Waals surface area contributed by atoms with Crippen molar-refractivity contribution in [3.8, 4) is 0 Å². The zero-order valence-corrected chi connectivity index (χ0v) is 20.8. The van der Waals surface area contributed by atoms with Gasteiger partial charge in [0.2, 0.25) is 11.8 Å². The molecule has 6 heteroatoms. The number of nitrogens with zero attached hydrogens (tertiary/aromatic N) is 3. The fourth-order valence-electron chi connectivity index (χ4n) is 6.00. The van der Waals surface area contributed by atoms with E-state index in [0.29, 0.717) is 30.3 Å². The lowest BCUT2D eigenvalue weighted by atomic mass is 9.72. The molecule has 178 valence electrons. The maximum Gasteiger partial charge on any atom is 0.245 e. The Bertz CT molecular complexity index is 621. The largest absolute Gasteiger partial charge is 0.341 e. The van der Waals surface area contributed by atoms with Gasteiger partial charge >= 0.3 is 0 Å². The second kappa shape index (κ2) is 10.7. The number of carbonyl (C=O) groups is 2. The zero-order valence-electron chi connectivity index (χ0n) is 20.8. The number of amides is 2. The number of piperazine rings is 1. The van der Waals surface area contributed by atoms with Crippen molar-refractivity contribution in [2.45, 2.75) is 84.3 Å². The SMILES string of the molecule is CC(C)C[C@@H]1NCCN([C@@H](CC(C)C)C(=O)N2CC[C@H]3CC(N(C)C)CC[C@H]3C2)C1=O. The molecule has 0 aromatic rings. The van der Waals surface area contributed by atoms with Crippen LogP contribution in [0.25, 0.3) is 0 Å². The Kier molecular flexibility index (Phi) is 8.42. The summed E-state index contributed by atoms with van der Waals surface area (Å²) in [5, 5.41) is 3.39. The summed E-state index contributed by atoms with van der Waals surface area (Å²) in [4.78, 5) is 33.4. The van der Waals surface area contributed by atoms with E-state index in [1.807, 2.05) is 4.90 Å². The minimum Gasteiger partial charge on any atom is -0.341 e. The van der Waals surface area contributed by atoms with Gasteiger partial charge in [-0.1, -0.05) is 27.7 Å². The van der Waals surface area contributed by atoms with Crippen LogP contribution in [0.5, 0.6) is 0 Å². The molecule has 2 aliphatic heterocycles. The molecule has 31 heavy (non-hydrogen) atoms. The number of carbonyl (C=O) groups excluding carboxylic acids is 2. The van der Waals surface area contributed by atoms with Crippen LogP contribution in [0.3, 0.4) is 0 Å². The first-order valence-electron chi connectivity index (χ1n) is 12.7. The highest BCUT2D eigenvalue weighted by Gasteiger charge is 2.42. The van der Waals surface area contributed by atoms with Crippen molar-refractivity contribution in [2.75, 3.05) is 40.3 Å². The van der Waals surface area contributed by atoms with Crippen molar-refractivity contribution in [1.82, 2.24) is 20.0 Å². The van der Waals surface area contributed by atoms with Gasteiger partial charge in [0.25, 0.3) is 0 Å². The van der Waals surface area contributed by atoms with Crippen LogP contribution in [0.1, 0.15) is 66.2 Å². The van der Waals surface area contributed by atoms with Gasteiger partial charge in [0.15, 0.2) is 0 Å². The van der Waals surface area contributed by atoms with Crippen molar-refractivity contribution < 1.29 is 9.59 Å². The molecule has 0 bridgehead atoms. The third-order valence-corrected chi connectivity index (χ3v) is 7.77. The molecule has 3 aliphatic rings. The molecule has 3 fully saturated rings. The van der Waals surface area contributed by atoms with Crippen LogP contribution < -0.4 is 5.32 Å². The van der Waals surface area contributed by atoms with E-state index < -0.39 is 0 Å². The zero-order chi connectivity index (χ0) is 22.7. The molecule has 2 heterocycles. The number of piperidine rings is 1. The molecule has 2 saturated heterocycles. The molecular formula is C25H46N4O2. The molecule has 3 rings (SSSR count). The van der Waals surface area contributed by atoms with E-state index in [1.54, 1.807) is 0 Å². The van der Waals surface area contributed by atoms with E-state index in [4.69, 9.17) is 0 Å². The molecule has 0 spiro atoms. The summed E-state index contributed by atoms with van der Waals surface area (Å²) in [5.74, 6) is 2.52. The lowest BCUT2D eigenvalue weighted by Crippen LogP contribution is -2.62. The molecule has 0 aromatic heterocycles. The van der Waals surface area contributed by atoms with Crippen LogP contribution in [-0.4, -0.2) is 84.9 Å². The molecule has 1 N–H and O–H groups in total. The first-order chi connectivity index (χ1) is 14.7. The fourth-order valence-corrected chi connectivity index (χ4v) is 6.00. The van der Waals surface area contributed by atoms with Crippen molar-refractivity contribution in [3.63, 3.8) is 0 Å².